The molecule has 0 unspecified atom stereocenters. The molecular formula is C10H24N2O2S. The number of sulfonamides is 1. The SMILES string of the molecule is CNCC(C)(C)CNS(=O)(=O)C(C)(C)C. The van der Waals surface area contributed by atoms with Gasteiger partial charge in [-0.15, -0.1) is 0 Å². The van der Waals surface area contributed by atoms with Crippen LogP contribution in [0.4, 0.5) is 0 Å². The van der Waals surface area contributed by atoms with Gasteiger partial charge in [0.15, 0.2) is 0 Å². The van der Waals surface area contributed by atoms with Crippen molar-refractivity contribution in [3.63, 3.8) is 0 Å². The van der Waals surface area contributed by atoms with Crippen molar-refractivity contribution < 1.29 is 8.42 Å². The largest absolute Gasteiger partial charge is 0.319 e. The van der Waals surface area contributed by atoms with E-state index in [-0.39, 0.29) is 5.41 Å². The first-order valence-corrected chi connectivity index (χ1v) is 6.64. The Morgan fingerprint density at radius 2 is 1.47 bits per heavy atom. The van der Waals surface area contributed by atoms with Gasteiger partial charge in [0.2, 0.25) is 10.0 Å². The Morgan fingerprint density at radius 3 is 1.80 bits per heavy atom. The van der Waals surface area contributed by atoms with Gasteiger partial charge in [0.1, 0.15) is 0 Å². The van der Waals surface area contributed by atoms with E-state index in [9.17, 15) is 8.42 Å². The third-order valence-corrected chi connectivity index (χ3v) is 4.34. The summed E-state index contributed by atoms with van der Waals surface area (Å²) in [6.45, 7) is 10.4. The van der Waals surface area contributed by atoms with Gasteiger partial charge in [-0.25, -0.2) is 13.1 Å². The summed E-state index contributed by atoms with van der Waals surface area (Å²) < 4.78 is 25.5. The molecule has 0 aromatic rings. The van der Waals surface area contributed by atoms with Gasteiger partial charge < -0.3 is 5.32 Å². The van der Waals surface area contributed by atoms with Gasteiger partial charge in [0, 0.05) is 13.1 Å². The van der Waals surface area contributed by atoms with Crippen LogP contribution in [0.25, 0.3) is 0 Å². The number of hydrogen-bond donors (Lipinski definition) is 2. The Labute approximate surface area is 93.9 Å². The average molecular weight is 236 g/mol. The Balaban J connectivity index is 4.41. The molecule has 0 saturated carbocycles. The van der Waals surface area contributed by atoms with E-state index in [0.717, 1.165) is 6.54 Å². The second kappa shape index (κ2) is 4.80. The third-order valence-electron chi connectivity index (χ3n) is 2.20. The van der Waals surface area contributed by atoms with Crippen molar-refractivity contribution in [3.8, 4) is 0 Å². The summed E-state index contributed by atoms with van der Waals surface area (Å²) in [7, 11) is -1.37. The van der Waals surface area contributed by atoms with Crippen LogP contribution in [0.3, 0.4) is 0 Å². The first-order valence-electron chi connectivity index (χ1n) is 5.16. The van der Waals surface area contributed by atoms with E-state index in [1.807, 2.05) is 20.9 Å². The van der Waals surface area contributed by atoms with Gasteiger partial charge in [-0.1, -0.05) is 13.8 Å². The van der Waals surface area contributed by atoms with Crippen LogP contribution in [0.5, 0.6) is 0 Å². The number of hydrogen-bond acceptors (Lipinski definition) is 3. The number of rotatable bonds is 5. The van der Waals surface area contributed by atoms with Crippen molar-refractivity contribution >= 4 is 10.0 Å². The van der Waals surface area contributed by atoms with Gasteiger partial charge in [0.25, 0.3) is 0 Å². The molecule has 0 saturated heterocycles. The zero-order valence-corrected chi connectivity index (χ0v) is 11.5. The Hall–Kier alpha value is -0.130. The Kier molecular flexibility index (Phi) is 4.76. The van der Waals surface area contributed by atoms with E-state index in [2.05, 4.69) is 10.0 Å². The van der Waals surface area contributed by atoms with Crippen LogP contribution in [-0.4, -0.2) is 33.3 Å². The van der Waals surface area contributed by atoms with Crippen LogP contribution < -0.4 is 10.0 Å². The van der Waals surface area contributed by atoms with Crippen LogP contribution in [0.15, 0.2) is 0 Å². The van der Waals surface area contributed by atoms with Crippen LogP contribution in [0, 0.1) is 5.41 Å². The van der Waals surface area contributed by atoms with E-state index in [1.165, 1.54) is 0 Å². The van der Waals surface area contributed by atoms with Gasteiger partial charge in [-0.2, -0.15) is 0 Å². The van der Waals surface area contributed by atoms with Crippen LogP contribution in [0.2, 0.25) is 0 Å². The minimum absolute atomic E-state index is 0.0763. The zero-order valence-electron chi connectivity index (χ0n) is 10.6. The Morgan fingerprint density at radius 1 is 1.00 bits per heavy atom. The fourth-order valence-corrected chi connectivity index (χ4v) is 2.06. The van der Waals surface area contributed by atoms with Crippen molar-refractivity contribution in [2.24, 2.45) is 5.41 Å². The lowest BCUT2D eigenvalue weighted by atomic mass is 9.94. The van der Waals surface area contributed by atoms with Gasteiger partial charge in [0.05, 0.1) is 4.75 Å². The molecule has 0 fully saturated rings. The van der Waals surface area contributed by atoms with Crippen LogP contribution >= 0.6 is 0 Å². The second-order valence-corrected chi connectivity index (χ2v) is 8.15. The van der Waals surface area contributed by atoms with E-state index in [0.29, 0.717) is 6.54 Å². The van der Waals surface area contributed by atoms with Gasteiger partial charge in [-0.05, 0) is 33.2 Å². The summed E-state index contributed by atoms with van der Waals surface area (Å²) >= 11 is 0. The summed E-state index contributed by atoms with van der Waals surface area (Å²) in [5, 5.41) is 3.05. The predicted molar refractivity (Wildman–Crippen MR) is 64.4 cm³/mol. The maximum absolute atomic E-state index is 11.8. The van der Waals surface area contributed by atoms with Crippen LogP contribution in [-0.2, 0) is 10.0 Å². The molecule has 5 heteroatoms. The lowest BCUT2D eigenvalue weighted by Crippen LogP contribution is -2.45. The van der Waals surface area contributed by atoms with E-state index < -0.39 is 14.8 Å². The third kappa shape index (κ3) is 4.95. The monoisotopic (exact) mass is 236 g/mol. The second-order valence-electron chi connectivity index (χ2n) is 5.63. The van der Waals surface area contributed by atoms with E-state index >= 15 is 0 Å². The standard InChI is InChI=1S/C10H24N2O2S/c1-9(2,3)15(13,14)12-8-10(4,5)7-11-6/h11-12H,7-8H2,1-6H3. The maximum atomic E-state index is 11.8. The molecule has 0 aliphatic rings. The topological polar surface area (TPSA) is 58.2 Å². The molecule has 0 amide bonds. The first-order chi connectivity index (χ1) is 6.52. The Bertz CT molecular complexity index is 289. The number of nitrogens with one attached hydrogen (secondary N) is 2. The molecule has 0 spiro atoms. The van der Waals surface area contributed by atoms with Crippen molar-refractivity contribution in [2.45, 2.75) is 39.4 Å². The molecule has 15 heavy (non-hydrogen) atoms. The molecule has 92 valence electrons. The molecule has 0 aliphatic heterocycles. The quantitative estimate of drug-likeness (QED) is 0.747. The smallest absolute Gasteiger partial charge is 0.216 e. The minimum Gasteiger partial charge on any atom is -0.319 e. The molecule has 0 aromatic carbocycles. The van der Waals surface area contributed by atoms with Gasteiger partial charge >= 0.3 is 0 Å². The maximum Gasteiger partial charge on any atom is 0.216 e. The highest BCUT2D eigenvalue weighted by Crippen LogP contribution is 2.16. The highest BCUT2D eigenvalue weighted by Gasteiger charge is 2.30. The summed E-state index contributed by atoms with van der Waals surface area (Å²) in [5.74, 6) is 0. The minimum atomic E-state index is -3.23. The molecule has 0 heterocycles. The molecule has 4 nitrogen and oxygen atoms in total. The molecule has 0 bridgehead atoms. The van der Waals surface area contributed by atoms with Crippen molar-refractivity contribution in [1.82, 2.24) is 10.0 Å². The molecule has 0 aromatic heterocycles. The lowest BCUT2D eigenvalue weighted by molar-refractivity contribution is 0.349. The highest BCUT2D eigenvalue weighted by molar-refractivity contribution is 7.90. The molecule has 2 N–H and O–H groups in total. The summed E-state index contributed by atoms with van der Waals surface area (Å²) in [6, 6.07) is 0. The first kappa shape index (κ1) is 14.9. The molecule has 0 aliphatic carbocycles. The molecular weight excluding hydrogens is 212 g/mol. The molecule has 0 atom stereocenters. The van der Waals surface area contributed by atoms with Crippen LogP contribution in [0.1, 0.15) is 34.6 Å². The average Bonchev–Trinajstić information content (AvgIpc) is 1.99. The predicted octanol–water partition coefficient (Wildman–Crippen LogP) is 0.950. The highest BCUT2D eigenvalue weighted by atomic mass is 32.2. The molecule has 0 rings (SSSR count). The van der Waals surface area contributed by atoms with Gasteiger partial charge in [-0.3, -0.25) is 0 Å². The van der Waals surface area contributed by atoms with Crippen molar-refractivity contribution in [1.29, 1.82) is 0 Å². The lowest BCUT2D eigenvalue weighted by Gasteiger charge is -2.27. The summed E-state index contributed by atoms with van der Waals surface area (Å²) in [4.78, 5) is 0. The van der Waals surface area contributed by atoms with Crippen molar-refractivity contribution in [2.75, 3.05) is 20.1 Å². The van der Waals surface area contributed by atoms with E-state index in [1.54, 1.807) is 20.8 Å². The fourth-order valence-electron chi connectivity index (χ4n) is 1.05. The van der Waals surface area contributed by atoms with Crippen molar-refractivity contribution in [3.05, 3.63) is 0 Å². The zero-order chi connectivity index (χ0) is 12.3. The molecule has 0 radical (unpaired) electrons. The summed E-state index contributed by atoms with van der Waals surface area (Å²) in [6.07, 6.45) is 0. The normalized spacial score (nSPS) is 14.3. The van der Waals surface area contributed by atoms with E-state index in [4.69, 9.17) is 0 Å². The fraction of sp³-hybridized carbons (Fsp3) is 1.00. The summed E-state index contributed by atoms with van der Waals surface area (Å²) in [5.41, 5.74) is -0.0763.